The number of morpholine rings is 1. The lowest BCUT2D eigenvalue weighted by atomic mass is 9.77. The van der Waals surface area contributed by atoms with Crippen LogP contribution in [0, 0.1) is 23.7 Å². The molecule has 16 nitrogen and oxygen atoms in total. The maximum absolute atomic E-state index is 14.5. The summed E-state index contributed by atoms with van der Waals surface area (Å²) in [5.74, 6) is -2.91. The maximum atomic E-state index is 14.5. The molecule has 1 unspecified atom stereocenters. The summed E-state index contributed by atoms with van der Waals surface area (Å²) in [5, 5.41) is 41.4. The average molecular weight is 913 g/mol. The zero-order valence-corrected chi connectivity index (χ0v) is 39.6. The Bertz CT molecular complexity index is 1460. The van der Waals surface area contributed by atoms with Gasteiger partial charge in [-0.1, -0.05) is 20.8 Å². The van der Waals surface area contributed by atoms with Gasteiger partial charge in [0.1, 0.15) is 24.4 Å². The van der Waals surface area contributed by atoms with Gasteiger partial charge in [0.25, 0.3) is 6.02 Å². The van der Waals surface area contributed by atoms with Crippen LogP contribution in [0.1, 0.15) is 101 Å². The standard InChI is InChI=1S/C44H79F3N4O12/c1-13-33-43(10,55)36(52)29(6)49-22-25(2)20-41(8,54)37(63-39-32(15-14-26(3)58-39)60-40(48-11)50-24-44(45,46)47)27(4)35(28(5)38(53)61-33)62-34-21-42(9,56-12)31(30(7)59-34)23-51-16-18-57-19-17-51/h25-37,39,49,52,54-55H,13-24H2,1-12H3,(H,48,50)/t25-,26-,27+,28-,29-,30+,31?,32-,33-,34+,35+,36-,37-,39+,41-,42-,43-/m1/s1. The van der Waals surface area contributed by atoms with Crippen LogP contribution < -0.4 is 10.6 Å². The van der Waals surface area contributed by atoms with E-state index in [4.69, 9.17) is 37.9 Å². The van der Waals surface area contributed by atoms with Gasteiger partial charge in [-0.25, -0.2) is 4.99 Å². The van der Waals surface area contributed by atoms with Gasteiger partial charge in [-0.2, -0.15) is 13.2 Å². The Kier molecular flexibility index (Phi) is 19.4. The SMILES string of the molecule is CC[C@H]1OC(=O)[C@H](C)[C@@H](O[C@H]2C[C@@](C)(OC)C(CN3CCOCC3)[C@H](C)O2)[C@H](C)[C@@H](O[C@@H]2O[C@H](C)CC[C@H]2OC(=NC)NCC(F)(F)F)[C@](C)(O)C[C@@H](C)CN[C@H](C)[C@@H](O)[C@]1(C)O. The Labute approximate surface area is 372 Å². The zero-order valence-electron chi connectivity index (χ0n) is 39.6. The minimum atomic E-state index is -4.53. The van der Waals surface area contributed by atoms with Crippen LogP contribution in [0.5, 0.6) is 0 Å². The summed E-state index contributed by atoms with van der Waals surface area (Å²) in [4.78, 5) is 20.7. The molecule has 4 fully saturated rings. The monoisotopic (exact) mass is 913 g/mol. The van der Waals surface area contributed by atoms with Crippen molar-refractivity contribution in [3.05, 3.63) is 0 Å². The highest BCUT2D eigenvalue weighted by Gasteiger charge is 2.52. The zero-order chi connectivity index (χ0) is 47.1. The third-order valence-electron chi connectivity index (χ3n) is 13.7. The fourth-order valence-electron chi connectivity index (χ4n) is 9.84. The number of carbonyl (C=O) groups excluding carboxylic acids is 1. The normalized spacial score (nSPS) is 43.7. The number of aliphatic hydroxyl groups is 3. The summed E-state index contributed by atoms with van der Waals surface area (Å²) in [5.41, 5.74) is -4.23. The van der Waals surface area contributed by atoms with E-state index in [1.807, 2.05) is 27.7 Å². The number of rotatable bonds is 10. The van der Waals surface area contributed by atoms with Gasteiger partial charge in [0.05, 0.1) is 54.7 Å². The third kappa shape index (κ3) is 14.3. The summed E-state index contributed by atoms with van der Waals surface area (Å²) in [6.07, 6.45) is -11.5. The summed E-state index contributed by atoms with van der Waals surface area (Å²) in [6, 6.07) is -0.995. The molecule has 4 aliphatic heterocycles. The highest BCUT2D eigenvalue weighted by molar-refractivity contribution is 5.74. The van der Waals surface area contributed by atoms with E-state index >= 15 is 0 Å². The molecule has 4 heterocycles. The molecule has 0 aromatic rings. The average Bonchev–Trinajstić information content (AvgIpc) is 3.22. The molecule has 0 aromatic heterocycles. The van der Waals surface area contributed by atoms with Crippen molar-refractivity contribution in [3.8, 4) is 0 Å². The van der Waals surface area contributed by atoms with Crippen molar-refractivity contribution < 1.29 is 71.2 Å². The number of halogens is 3. The van der Waals surface area contributed by atoms with Crippen molar-refractivity contribution >= 4 is 12.0 Å². The minimum absolute atomic E-state index is 0.0500. The van der Waals surface area contributed by atoms with Gasteiger partial charge in [0, 0.05) is 58.1 Å². The first-order chi connectivity index (χ1) is 29.3. The Morgan fingerprint density at radius 3 is 2.29 bits per heavy atom. The number of esters is 1. The molecule has 0 aliphatic carbocycles. The highest BCUT2D eigenvalue weighted by Crippen LogP contribution is 2.42. The number of aliphatic hydroxyl groups excluding tert-OH is 1. The van der Waals surface area contributed by atoms with Crippen LogP contribution in [-0.2, 0) is 42.7 Å². The van der Waals surface area contributed by atoms with Crippen molar-refractivity contribution in [2.24, 2.45) is 28.7 Å². The second kappa shape index (κ2) is 22.7. The van der Waals surface area contributed by atoms with Gasteiger partial charge < -0.3 is 63.8 Å². The molecule has 4 rings (SSSR count). The lowest BCUT2D eigenvalue weighted by molar-refractivity contribution is -0.309. The number of hydrogen-bond donors (Lipinski definition) is 5. The van der Waals surface area contributed by atoms with Crippen molar-refractivity contribution in [3.63, 3.8) is 0 Å². The number of methoxy groups -OCH3 is 1. The Morgan fingerprint density at radius 2 is 1.68 bits per heavy atom. The van der Waals surface area contributed by atoms with Crippen LogP contribution in [0.4, 0.5) is 13.2 Å². The van der Waals surface area contributed by atoms with Crippen LogP contribution in [-0.4, -0.2) is 177 Å². The van der Waals surface area contributed by atoms with E-state index in [2.05, 4.69) is 20.5 Å². The topological polar surface area (TPSA) is 191 Å². The second-order valence-electron chi connectivity index (χ2n) is 19.2. The molecule has 17 atom stereocenters. The number of aliphatic imine (C=N–C) groups is 1. The largest absolute Gasteiger partial charge is 0.459 e. The number of amidine groups is 1. The summed E-state index contributed by atoms with van der Waals surface area (Å²) < 4.78 is 90.3. The lowest BCUT2D eigenvalue weighted by Crippen LogP contribution is -2.59. The maximum Gasteiger partial charge on any atom is 0.405 e. The van der Waals surface area contributed by atoms with E-state index in [1.165, 1.54) is 14.0 Å². The van der Waals surface area contributed by atoms with Gasteiger partial charge in [-0.05, 0) is 86.6 Å². The van der Waals surface area contributed by atoms with Gasteiger partial charge in [-0.15, -0.1) is 0 Å². The van der Waals surface area contributed by atoms with Crippen LogP contribution in [0.3, 0.4) is 0 Å². The summed E-state index contributed by atoms with van der Waals surface area (Å²) in [7, 11) is 2.97. The van der Waals surface area contributed by atoms with Crippen molar-refractivity contribution in [2.45, 2.75) is 186 Å². The molecule has 5 N–H and O–H groups in total. The van der Waals surface area contributed by atoms with Crippen LogP contribution in [0.15, 0.2) is 4.99 Å². The van der Waals surface area contributed by atoms with Crippen LogP contribution in [0.2, 0.25) is 0 Å². The van der Waals surface area contributed by atoms with Crippen molar-refractivity contribution in [2.75, 3.05) is 60.1 Å². The van der Waals surface area contributed by atoms with E-state index in [1.54, 1.807) is 41.7 Å². The molecular weight excluding hydrogens is 833 g/mol. The predicted molar refractivity (Wildman–Crippen MR) is 228 cm³/mol. The molecular formula is C44H79F3N4O12. The van der Waals surface area contributed by atoms with E-state index < -0.39 is 96.5 Å². The number of nitrogens with zero attached hydrogens (tertiary/aromatic N) is 2. The number of cyclic esters (lactones) is 1. The highest BCUT2D eigenvalue weighted by atomic mass is 19.4. The van der Waals surface area contributed by atoms with Gasteiger partial charge in [-0.3, -0.25) is 9.69 Å². The number of ether oxygens (including phenoxy) is 8. The molecule has 0 saturated carbocycles. The molecule has 4 saturated heterocycles. The fourth-order valence-corrected chi connectivity index (χ4v) is 9.84. The molecule has 0 radical (unpaired) electrons. The van der Waals surface area contributed by atoms with Gasteiger partial charge in [0.2, 0.25) is 0 Å². The second-order valence-corrected chi connectivity index (χ2v) is 19.2. The molecule has 4 aliphatic rings. The summed E-state index contributed by atoms with van der Waals surface area (Å²) in [6.45, 7) is 20.2. The van der Waals surface area contributed by atoms with Crippen molar-refractivity contribution in [1.29, 1.82) is 0 Å². The van der Waals surface area contributed by atoms with Gasteiger partial charge in [0.15, 0.2) is 18.7 Å². The Morgan fingerprint density at radius 1 is 1.02 bits per heavy atom. The van der Waals surface area contributed by atoms with E-state index in [0.717, 1.165) is 13.1 Å². The number of hydrogen-bond acceptors (Lipinski definition) is 15. The number of nitrogens with one attached hydrogen (secondary N) is 2. The fraction of sp³-hybridized carbons (Fsp3) is 0.955. The molecule has 0 amide bonds. The Balaban J connectivity index is 1.78. The lowest BCUT2D eigenvalue weighted by Gasteiger charge is -2.50. The predicted octanol–water partition coefficient (Wildman–Crippen LogP) is 3.77. The first kappa shape index (κ1) is 53.7. The smallest absolute Gasteiger partial charge is 0.405 e. The first-order valence-corrected chi connectivity index (χ1v) is 22.8. The van der Waals surface area contributed by atoms with E-state index in [-0.39, 0.29) is 49.3 Å². The van der Waals surface area contributed by atoms with Crippen LogP contribution >= 0.6 is 0 Å². The van der Waals surface area contributed by atoms with Crippen molar-refractivity contribution in [1.82, 2.24) is 15.5 Å². The Hall–Kier alpha value is -1.91. The first-order valence-electron chi connectivity index (χ1n) is 22.8. The molecule has 0 bridgehead atoms. The third-order valence-corrected chi connectivity index (χ3v) is 13.7. The van der Waals surface area contributed by atoms with Crippen LogP contribution in [0.25, 0.3) is 0 Å². The quantitative estimate of drug-likeness (QED) is 0.121. The summed E-state index contributed by atoms with van der Waals surface area (Å²) >= 11 is 0. The number of carbonyl (C=O) groups is 1. The van der Waals surface area contributed by atoms with E-state index in [9.17, 15) is 33.3 Å². The molecule has 368 valence electrons. The molecule has 19 heteroatoms. The molecule has 63 heavy (non-hydrogen) atoms. The molecule has 0 spiro atoms. The molecule has 0 aromatic carbocycles. The minimum Gasteiger partial charge on any atom is -0.459 e. The van der Waals surface area contributed by atoms with Gasteiger partial charge >= 0.3 is 12.1 Å². The van der Waals surface area contributed by atoms with E-state index in [0.29, 0.717) is 39.1 Å². The number of alkyl halides is 3.